The quantitative estimate of drug-likeness (QED) is 0.747. The van der Waals surface area contributed by atoms with Crippen LogP contribution in [0.25, 0.3) is 0 Å². The third kappa shape index (κ3) is 3.59. The van der Waals surface area contributed by atoms with E-state index in [4.69, 9.17) is 0 Å². The Morgan fingerprint density at radius 3 is 2.28 bits per heavy atom. The van der Waals surface area contributed by atoms with E-state index < -0.39 is 0 Å². The normalized spacial score (nSPS) is 13.5. The first kappa shape index (κ1) is 14.2. The Balaban J connectivity index is 2.85. The van der Waals surface area contributed by atoms with Crippen LogP contribution in [0.4, 0.5) is 5.82 Å². The number of allylic oxidation sites excluding steroid dienone is 2. The molecule has 0 saturated heterocycles. The van der Waals surface area contributed by atoms with Gasteiger partial charge in [0.05, 0.1) is 0 Å². The smallest absolute Gasteiger partial charge is 0.130 e. The zero-order valence-electron chi connectivity index (χ0n) is 11.5. The van der Waals surface area contributed by atoms with Crippen molar-refractivity contribution in [2.45, 2.75) is 20.8 Å². The van der Waals surface area contributed by atoms with E-state index in [1.165, 1.54) is 0 Å². The summed E-state index contributed by atoms with van der Waals surface area (Å²) in [4.78, 5) is 4.24. The molecule has 0 fully saturated rings. The predicted molar refractivity (Wildman–Crippen MR) is 79.3 cm³/mol. The first-order chi connectivity index (χ1) is 8.43. The summed E-state index contributed by atoms with van der Waals surface area (Å²) in [7, 11) is 0. The van der Waals surface area contributed by atoms with Crippen LogP contribution in [-0.2, 0) is 0 Å². The highest BCUT2D eigenvalue weighted by molar-refractivity contribution is 5.42. The molecular formula is C16H22N2. The number of hydrogen-bond acceptors (Lipinski definition) is 2. The topological polar surface area (TPSA) is 24.9 Å². The van der Waals surface area contributed by atoms with Gasteiger partial charge in [0.25, 0.3) is 0 Å². The largest absolute Gasteiger partial charge is 0.344 e. The maximum atomic E-state index is 4.24. The first-order valence-corrected chi connectivity index (χ1v) is 6.11. The van der Waals surface area contributed by atoms with Crippen molar-refractivity contribution in [1.29, 1.82) is 0 Å². The maximum Gasteiger partial charge on any atom is 0.130 e. The van der Waals surface area contributed by atoms with E-state index in [-0.39, 0.29) is 5.92 Å². The molecule has 0 aliphatic rings. The average molecular weight is 242 g/mol. The van der Waals surface area contributed by atoms with Gasteiger partial charge < -0.3 is 5.32 Å². The fourth-order valence-electron chi connectivity index (χ4n) is 1.99. The van der Waals surface area contributed by atoms with Crippen molar-refractivity contribution in [3.63, 3.8) is 0 Å². The molecule has 0 spiro atoms. The first-order valence-electron chi connectivity index (χ1n) is 6.11. The van der Waals surface area contributed by atoms with Gasteiger partial charge in [-0.3, -0.25) is 0 Å². The second kappa shape index (κ2) is 6.20. The van der Waals surface area contributed by atoms with E-state index in [1.807, 2.05) is 32.0 Å². The minimum Gasteiger partial charge on any atom is -0.344 e. The summed E-state index contributed by atoms with van der Waals surface area (Å²) in [6.45, 7) is 18.4. The van der Waals surface area contributed by atoms with E-state index in [9.17, 15) is 0 Å². The lowest BCUT2D eigenvalue weighted by molar-refractivity contribution is 0.533. The Hall–Kier alpha value is -1.83. The zero-order chi connectivity index (χ0) is 13.7. The number of aromatic nitrogens is 1. The molecule has 1 rings (SSSR count). The van der Waals surface area contributed by atoms with Crippen LogP contribution >= 0.6 is 0 Å². The number of pyridine rings is 1. The predicted octanol–water partition coefficient (Wildman–Crippen LogP) is 4.41. The fraction of sp³-hybridized carbons (Fsp3) is 0.312. The van der Waals surface area contributed by atoms with Crippen LogP contribution in [0.1, 0.15) is 20.8 Å². The highest BCUT2D eigenvalue weighted by Crippen LogP contribution is 2.30. The lowest BCUT2D eigenvalue weighted by Gasteiger charge is -2.27. The Bertz CT molecular complexity index is 445. The molecule has 1 heterocycles. The molecule has 2 atom stereocenters. The Morgan fingerprint density at radius 2 is 1.83 bits per heavy atom. The summed E-state index contributed by atoms with van der Waals surface area (Å²) >= 11 is 0. The van der Waals surface area contributed by atoms with Gasteiger partial charge in [-0.1, -0.05) is 43.9 Å². The molecule has 1 aromatic rings. The summed E-state index contributed by atoms with van der Waals surface area (Å²) in [5, 5.41) is 3.25. The minimum atomic E-state index is 0.171. The van der Waals surface area contributed by atoms with E-state index in [0.29, 0.717) is 5.92 Å². The highest BCUT2D eigenvalue weighted by atomic mass is 15.0. The van der Waals surface area contributed by atoms with Gasteiger partial charge in [0, 0.05) is 17.8 Å². The number of nitrogens with one attached hydrogen (secondary N) is 1. The fourth-order valence-corrected chi connectivity index (χ4v) is 1.99. The van der Waals surface area contributed by atoms with Crippen molar-refractivity contribution >= 4 is 5.82 Å². The zero-order valence-corrected chi connectivity index (χ0v) is 11.5. The van der Waals surface area contributed by atoms with Crippen LogP contribution in [0.2, 0.25) is 0 Å². The van der Waals surface area contributed by atoms with Gasteiger partial charge in [-0.25, -0.2) is 4.98 Å². The highest BCUT2D eigenvalue weighted by Gasteiger charge is 2.21. The molecule has 0 amide bonds. The van der Waals surface area contributed by atoms with Crippen LogP contribution in [0.5, 0.6) is 0 Å². The monoisotopic (exact) mass is 242 g/mol. The average Bonchev–Trinajstić information content (AvgIpc) is 2.29. The van der Waals surface area contributed by atoms with Gasteiger partial charge in [0.2, 0.25) is 0 Å². The Kier molecular flexibility index (Phi) is 4.90. The molecular weight excluding hydrogens is 220 g/mol. The SMILES string of the molecule is C=C(C)C(C)C(C(=C)C)C(=C)Nc1ccccn1. The molecule has 0 bridgehead atoms. The summed E-state index contributed by atoms with van der Waals surface area (Å²) in [6.07, 6.45) is 1.76. The summed E-state index contributed by atoms with van der Waals surface area (Å²) in [5.41, 5.74) is 3.13. The number of rotatable bonds is 6. The summed E-state index contributed by atoms with van der Waals surface area (Å²) < 4.78 is 0. The molecule has 96 valence electrons. The molecule has 0 saturated carbocycles. The lowest BCUT2D eigenvalue weighted by Crippen LogP contribution is -2.20. The molecule has 0 aliphatic heterocycles. The van der Waals surface area contributed by atoms with Gasteiger partial charge in [-0.2, -0.15) is 0 Å². The molecule has 2 unspecified atom stereocenters. The standard InChI is InChI=1S/C16H22N2/c1-11(2)13(5)16(12(3)4)14(6)18-15-9-7-8-10-17-15/h7-10,13,16H,1,3,6H2,2,4-5H3,(H,17,18). The van der Waals surface area contributed by atoms with Crippen LogP contribution in [0, 0.1) is 11.8 Å². The molecule has 0 aliphatic carbocycles. The van der Waals surface area contributed by atoms with Crippen molar-refractivity contribution in [3.8, 4) is 0 Å². The summed E-state index contributed by atoms with van der Waals surface area (Å²) in [5.74, 6) is 1.29. The van der Waals surface area contributed by atoms with E-state index >= 15 is 0 Å². The van der Waals surface area contributed by atoms with E-state index in [2.05, 4.69) is 37.0 Å². The van der Waals surface area contributed by atoms with Crippen molar-refractivity contribution < 1.29 is 0 Å². The van der Waals surface area contributed by atoms with Crippen LogP contribution in [0.15, 0.2) is 61.0 Å². The Labute approximate surface area is 110 Å². The third-order valence-electron chi connectivity index (χ3n) is 3.14. The van der Waals surface area contributed by atoms with Crippen LogP contribution in [-0.4, -0.2) is 4.98 Å². The van der Waals surface area contributed by atoms with Gasteiger partial charge in [0.15, 0.2) is 0 Å². The second-order valence-corrected chi connectivity index (χ2v) is 4.82. The summed E-state index contributed by atoms with van der Waals surface area (Å²) in [6, 6.07) is 5.76. The Morgan fingerprint density at radius 1 is 1.17 bits per heavy atom. The number of nitrogens with zero attached hydrogens (tertiary/aromatic N) is 1. The third-order valence-corrected chi connectivity index (χ3v) is 3.14. The minimum absolute atomic E-state index is 0.171. The van der Waals surface area contributed by atoms with Gasteiger partial charge in [-0.15, -0.1) is 0 Å². The number of hydrogen-bond donors (Lipinski definition) is 1. The van der Waals surface area contributed by atoms with Crippen molar-refractivity contribution in [2.75, 3.05) is 5.32 Å². The molecule has 18 heavy (non-hydrogen) atoms. The number of anilines is 1. The van der Waals surface area contributed by atoms with Crippen molar-refractivity contribution in [2.24, 2.45) is 11.8 Å². The maximum absolute atomic E-state index is 4.24. The van der Waals surface area contributed by atoms with Gasteiger partial charge in [0.1, 0.15) is 5.82 Å². The second-order valence-electron chi connectivity index (χ2n) is 4.82. The molecule has 1 aromatic heterocycles. The van der Waals surface area contributed by atoms with E-state index in [0.717, 1.165) is 22.7 Å². The van der Waals surface area contributed by atoms with E-state index in [1.54, 1.807) is 6.20 Å². The van der Waals surface area contributed by atoms with Crippen molar-refractivity contribution in [1.82, 2.24) is 4.98 Å². The van der Waals surface area contributed by atoms with Crippen molar-refractivity contribution in [3.05, 3.63) is 61.0 Å². The van der Waals surface area contributed by atoms with Crippen LogP contribution < -0.4 is 5.32 Å². The van der Waals surface area contributed by atoms with Crippen LogP contribution in [0.3, 0.4) is 0 Å². The molecule has 2 nitrogen and oxygen atoms in total. The lowest BCUT2D eigenvalue weighted by atomic mass is 9.82. The molecule has 1 N–H and O–H groups in total. The van der Waals surface area contributed by atoms with Gasteiger partial charge >= 0.3 is 0 Å². The molecule has 0 radical (unpaired) electrons. The molecule has 2 heteroatoms. The van der Waals surface area contributed by atoms with Gasteiger partial charge in [-0.05, 0) is 31.9 Å². The molecule has 0 aromatic carbocycles.